The number of fused-ring (bicyclic) bond motifs is 4. The number of ether oxygens (including phenoxy) is 2. The van der Waals surface area contributed by atoms with Crippen molar-refractivity contribution in [3.63, 3.8) is 0 Å². The molecule has 40 heavy (non-hydrogen) atoms. The molecule has 1 amide bonds. The maximum atomic E-state index is 13.4. The highest BCUT2D eigenvalue weighted by molar-refractivity contribution is 7.92. The second-order valence-electron chi connectivity index (χ2n) is 10.4. The van der Waals surface area contributed by atoms with E-state index in [0.717, 1.165) is 30.4 Å². The van der Waals surface area contributed by atoms with Crippen LogP contribution in [0.2, 0.25) is 0 Å². The third-order valence-corrected chi connectivity index (χ3v) is 8.80. The number of hydrogen-bond donors (Lipinski definition) is 2. The van der Waals surface area contributed by atoms with Crippen LogP contribution in [0.4, 0.5) is 11.4 Å². The Balaban J connectivity index is 1.41. The number of likely N-dealkylation sites (N-methyl/N-ethyl adjacent to an activating group) is 1. The number of benzene rings is 3. The van der Waals surface area contributed by atoms with Gasteiger partial charge >= 0.3 is 0 Å². The predicted octanol–water partition coefficient (Wildman–Crippen LogP) is 3.59. The summed E-state index contributed by atoms with van der Waals surface area (Å²) in [4.78, 5) is 15.7. The number of sulfonamides is 1. The van der Waals surface area contributed by atoms with Gasteiger partial charge in [-0.05, 0) is 78.8 Å². The number of nitrogens with zero attached hydrogens (tertiary/aromatic N) is 2. The predicted molar refractivity (Wildman–Crippen MR) is 154 cm³/mol. The number of para-hydroxylation sites is 2. The monoisotopic (exact) mass is 565 g/mol. The second kappa shape index (κ2) is 11.8. The second-order valence-corrected chi connectivity index (χ2v) is 12.0. The summed E-state index contributed by atoms with van der Waals surface area (Å²) in [6, 6.07) is 18.4. The fraction of sp³-hybridized carbons (Fsp3) is 0.367. The van der Waals surface area contributed by atoms with Crippen LogP contribution < -0.4 is 19.1 Å². The minimum absolute atomic E-state index is 0.0128. The molecule has 3 aromatic carbocycles. The summed E-state index contributed by atoms with van der Waals surface area (Å²) in [6.07, 6.45) is 3.41. The molecule has 212 valence electrons. The highest BCUT2D eigenvalue weighted by Crippen LogP contribution is 2.36. The molecule has 1 atom stereocenters. The van der Waals surface area contributed by atoms with Crippen molar-refractivity contribution in [2.24, 2.45) is 0 Å². The van der Waals surface area contributed by atoms with Crippen LogP contribution >= 0.6 is 0 Å². The molecule has 1 unspecified atom stereocenters. The Morgan fingerprint density at radius 3 is 2.62 bits per heavy atom. The Hall–Kier alpha value is -3.76. The summed E-state index contributed by atoms with van der Waals surface area (Å²) in [5.41, 5.74) is 4.30. The van der Waals surface area contributed by atoms with Crippen LogP contribution in [0, 0.1) is 0 Å². The number of amides is 1. The van der Waals surface area contributed by atoms with Crippen molar-refractivity contribution in [1.82, 2.24) is 4.90 Å². The van der Waals surface area contributed by atoms with Gasteiger partial charge in [0.15, 0.2) is 6.61 Å². The SMILES string of the molecule is CN(C)C(=O)COc1ccc2c(c1)CC(N(CCO)c1ccccc1NS(=O)(=O)c1cc3ccc1OC3)CCC2. The standard InChI is InChI=1S/C30H35N3O6S/c1-32(2)30(35)20-38-25-12-11-22-6-5-7-24(17-23(22)18-25)33(14-15-34)27-9-4-3-8-26(27)31-40(36,37)29-16-21-10-13-28(29)39-19-21/h3-4,8-13,16,18,24,31,34H,5-7,14-15,17,19-20H2,1-2H3. The lowest BCUT2D eigenvalue weighted by Gasteiger charge is -2.34. The number of carbonyl (C=O) groups is 1. The van der Waals surface area contributed by atoms with Gasteiger partial charge in [0.2, 0.25) is 0 Å². The molecule has 1 aliphatic carbocycles. The number of aliphatic hydroxyl groups is 1. The van der Waals surface area contributed by atoms with E-state index in [1.165, 1.54) is 10.5 Å². The van der Waals surface area contributed by atoms with E-state index in [2.05, 4.69) is 15.7 Å². The lowest BCUT2D eigenvalue weighted by molar-refractivity contribution is -0.130. The Kier molecular flexibility index (Phi) is 8.18. The van der Waals surface area contributed by atoms with Crippen molar-refractivity contribution < 1.29 is 27.8 Å². The molecule has 0 spiro atoms. The number of aliphatic hydroxyl groups excluding tert-OH is 1. The topological polar surface area (TPSA) is 108 Å². The molecule has 0 saturated carbocycles. The smallest absolute Gasteiger partial charge is 0.265 e. The van der Waals surface area contributed by atoms with Gasteiger partial charge in [0.25, 0.3) is 15.9 Å². The maximum Gasteiger partial charge on any atom is 0.265 e. The Morgan fingerprint density at radius 1 is 1.10 bits per heavy atom. The van der Waals surface area contributed by atoms with Crippen molar-refractivity contribution in [2.45, 2.75) is 43.2 Å². The third kappa shape index (κ3) is 6.03. The number of carbonyl (C=O) groups excluding carboxylic acids is 1. The quantitative estimate of drug-likeness (QED) is 0.362. The molecule has 6 rings (SSSR count). The van der Waals surface area contributed by atoms with Crippen molar-refractivity contribution in [3.05, 3.63) is 77.4 Å². The number of aryl methyl sites for hydroxylation is 1. The van der Waals surface area contributed by atoms with E-state index in [4.69, 9.17) is 9.47 Å². The van der Waals surface area contributed by atoms with Crippen LogP contribution in [0.5, 0.6) is 11.5 Å². The number of anilines is 2. The normalized spacial score (nSPS) is 15.9. The molecule has 3 aromatic rings. The van der Waals surface area contributed by atoms with E-state index in [1.807, 2.05) is 30.3 Å². The fourth-order valence-electron chi connectivity index (χ4n) is 5.30. The first-order valence-corrected chi connectivity index (χ1v) is 14.9. The molecule has 3 aliphatic rings. The Bertz CT molecular complexity index is 1490. The van der Waals surface area contributed by atoms with E-state index >= 15 is 0 Å². The van der Waals surface area contributed by atoms with Crippen LogP contribution in [0.1, 0.15) is 29.5 Å². The molecule has 2 aliphatic heterocycles. The lowest BCUT2D eigenvalue weighted by Crippen LogP contribution is -2.39. The average molecular weight is 566 g/mol. The molecule has 9 nitrogen and oxygen atoms in total. The van der Waals surface area contributed by atoms with Crippen molar-refractivity contribution in [3.8, 4) is 11.5 Å². The van der Waals surface area contributed by atoms with Crippen LogP contribution in [0.15, 0.2) is 65.6 Å². The molecule has 0 radical (unpaired) electrons. The lowest BCUT2D eigenvalue weighted by atomic mass is 10.00. The first-order valence-electron chi connectivity index (χ1n) is 13.4. The number of hydrogen-bond acceptors (Lipinski definition) is 7. The van der Waals surface area contributed by atoms with Gasteiger partial charge in [-0.25, -0.2) is 8.42 Å². The molecule has 0 fully saturated rings. The van der Waals surface area contributed by atoms with Crippen LogP contribution in [-0.2, 0) is 34.3 Å². The largest absolute Gasteiger partial charge is 0.487 e. The minimum Gasteiger partial charge on any atom is -0.487 e. The average Bonchev–Trinajstić information content (AvgIpc) is 3.17. The Labute approximate surface area is 235 Å². The zero-order valence-electron chi connectivity index (χ0n) is 22.8. The van der Waals surface area contributed by atoms with Gasteiger partial charge in [-0.2, -0.15) is 0 Å². The minimum atomic E-state index is -3.91. The summed E-state index contributed by atoms with van der Waals surface area (Å²) >= 11 is 0. The van der Waals surface area contributed by atoms with E-state index in [0.29, 0.717) is 42.4 Å². The van der Waals surface area contributed by atoms with Gasteiger partial charge in [-0.1, -0.05) is 24.3 Å². The molecule has 2 heterocycles. The summed E-state index contributed by atoms with van der Waals surface area (Å²) in [6.45, 7) is 0.596. The van der Waals surface area contributed by atoms with E-state index in [9.17, 15) is 18.3 Å². The van der Waals surface area contributed by atoms with Gasteiger partial charge in [0.05, 0.1) is 18.0 Å². The molecular formula is C30H35N3O6S. The van der Waals surface area contributed by atoms with Crippen LogP contribution in [0.3, 0.4) is 0 Å². The van der Waals surface area contributed by atoms with Gasteiger partial charge in [0.1, 0.15) is 23.0 Å². The molecule has 0 saturated heterocycles. The zero-order chi connectivity index (χ0) is 28.3. The van der Waals surface area contributed by atoms with E-state index in [-0.39, 0.29) is 30.1 Å². The maximum absolute atomic E-state index is 13.4. The van der Waals surface area contributed by atoms with Gasteiger partial charge in [-0.3, -0.25) is 9.52 Å². The third-order valence-electron chi connectivity index (χ3n) is 7.41. The van der Waals surface area contributed by atoms with Crippen molar-refractivity contribution >= 4 is 27.3 Å². The highest BCUT2D eigenvalue weighted by Gasteiger charge is 2.28. The molecule has 2 bridgehead atoms. The van der Waals surface area contributed by atoms with E-state index < -0.39 is 10.0 Å². The molecular weight excluding hydrogens is 530 g/mol. The van der Waals surface area contributed by atoms with Gasteiger partial charge in [0, 0.05) is 26.7 Å². The Morgan fingerprint density at radius 2 is 1.93 bits per heavy atom. The molecule has 2 N–H and O–H groups in total. The first-order chi connectivity index (χ1) is 19.2. The van der Waals surface area contributed by atoms with Gasteiger partial charge in [-0.15, -0.1) is 0 Å². The number of nitrogens with one attached hydrogen (secondary N) is 1. The van der Waals surface area contributed by atoms with E-state index in [1.54, 1.807) is 38.4 Å². The highest BCUT2D eigenvalue weighted by atomic mass is 32.2. The molecule has 10 heteroatoms. The van der Waals surface area contributed by atoms with Gasteiger partial charge < -0.3 is 24.4 Å². The van der Waals surface area contributed by atoms with Crippen molar-refractivity contribution in [1.29, 1.82) is 0 Å². The first kappa shape index (κ1) is 27.8. The van der Waals surface area contributed by atoms with Crippen LogP contribution in [0.25, 0.3) is 0 Å². The summed E-state index contributed by atoms with van der Waals surface area (Å²) < 4.78 is 41.0. The molecule has 0 aromatic heterocycles. The summed E-state index contributed by atoms with van der Waals surface area (Å²) in [7, 11) is -0.521. The summed E-state index contributed by atoms with van der Waals surface area (Å²) in [5, 5.41) is 10.0. The number of rotatable bonds is 10. The van der Waals surface area contributed by atoms with Crippen molar-refractivity contribution in [2.75, 3.05) is 43.5 Å². The zero-order valence-corrected chi connectivity index (χ0v) is 23.6. The van der Waals surface area contributed by atoms with Crippen LogP contribution in [-0.4, -0.2) is 64.2 Å². The fourth-order valence-corrected chi connectivity index (χ4v) is 6.57. The summed E-state index contributed by atoms with van der Waals surface area (Å²) in [5.74, 6) is 0.855.